The van der Waals surface area contributed by atoms with Crippen LogP contribution in [0.5, 0.6) is 11.5 Å². The predicted molar refractivity (Wildman–Crippen MR) is 74.3 cm³/mol. The largest absolute Gasteiger partial charge is 0.478 e. The van der Waals surface area contributed by atoms with Gasteiger partial charge in [-0.3, -0.25) is 0 Å². The molecule has 0 aliphatic carbocycles. The van der Waals surface area contributed by atoms with Crippen LogP contribution in [0.1, 0.15) is 10.4 Å². The number of benzene rings is 2. The standard InChI is InChI=1S/C13H9Cl2NO3/c14-8-2-4-11(9(15)6-8)19-12-5-7(13(17)18)1-3-10(12)16/h1-6H,16H2,(H,17,18). The third kappa shape index (κ3) is 3.10. The summed E-state index contributed by atoms with van der Waals surface area (Å²) in [6.45, 7) is 0. The quantitative estimate of drug-likeness (QED) is 0.838. The van der Waals surface area contributed by atoms with Crippen LogP contribution in [-0.2, 0) is 0 Å². The minimum atomic E-state index is -1.06. The summed E-state index contributed by atoms with van der Waals surface area (Å²) in [5, 5.41) is 9.71. The van der Waals surface area contributed by atoms with Gasteiger partial charge in [0.05, 0.1) is 16.3 Å². The molecule has 0 saturated carbocycles. The van der Waals surface area contributed by atoms with Crippen molar-refractivity contribution in [3.05, 3.63) is 52.0 Å². The maximum Gasteiger partial charge on any atom is 0.335 e. The molecule has 2 rings (SSSR count). The highest BCUT2D eigenvalue weighted by Crippen LogP contribution is 2.34. The highest BCUT2D eigenvalue weighted by atomic mass is 35.5. The van der Waals surface area contributed by atoms with Crippen molar-refractivity contribution in [1.29, 1.82) is 0 Å². The van der Waals surface area contributed by atoms with Gasteiger partial charge >= 0.3 is 5.97 Å². The minimum Gasteiger partial charge on any atom is -0.478 e. The van der Waals surface area contributed by atoms with E-state index in [0.717, 1.165) is 0 Å². The van der Waals surface area contributed by atoms with E-state index in [2.05, 4.69) is 0 Å². The van der Waals surface area contributed by atoms with Gasteiger partial charge < -0.3 is 15.6 Å². The first-order valence-electron chi connectivity index (χ1n) is 5.23. The Balaban J connectivity index is 2.37. The van der Waals surface area contributed by atoms with E-state index in [1.165, 1.54) is 24.3 Å². The molecule has 0 unspecified atom stereocenters. The molecule has 0 bridgehead atoms. The summed E-state index contributed by atoms with van der Waals surface area (Å²) < 4.78 is 5.51. The van der Waals surface area contributed by atoms with E-state index in [1.54, 1.807) is 12.1 Å². The van der Waals surface area contributed by atoms with E-state index >= 15 is 0 Å². The molecule has 0 fully saturated rings. The number of nitrogen functional groups attached to an aromatic ring is 1. The topological polar surface area (TPSA) is 72.6 Å². The van der Waals surface area contributed by atoms with Crippen LogP contribution in [-0.4, -0.2) is 11.1 Å². The van der Waals surface area contributed by atoms with E-state index in [-0.39, 0.29) is 11.3 Å². The molecule has 19 heavy (non-hydrogen) atoms. The first-order chi connectivity index (χ1) is 8.97. The van der Waals surface area contributed by atoms with Crippen molar-refractivity contribution < 1.29 is 14.6 Å². The first kappa shape index (κ1) is 13.5. The zero-order chi connectivity index (χ0) is 14.0. The lowest BCUT2D eigenvalue weighted by Gasteiger charge is -2.10. The Morgan fingerprint density at radius 2 is 1.84 bits per heavy atom. The number of halogens is 2. The molecule has 0 aliphatic rings. The van der Waals surface area contributed by atoms with Crippen LogP contribution >= 0.6 is 23.2 Å². The fourth-order valence-corrected chi connectivity index (χ4v) is 1.88. The molecule has 98 valence electrons. The molecule has 2 aromatic rings. The molecule has 2 aromatic carbocycles. The van der Waals surface area contributed by atoms with Crippen molar-refractivity contribution >= 4 is 34.9 Å². The van der Waals surface area contributed by atoms with Crippen LogP contribution in [0.4, 0.5) is 5.69 Å². The summed E-state index contributed by atoms with van der Waals surface area (Å²) in [5.74, 6) is -0.489. The summed E-state index contributed by atoms with van der Waals surface area (Å²) in [6.07, 6.45) is 0. The van der Waals surface area contributed by atoms with Crippen LogP contribution in [0.25, 0.3) is 0 Å². The Kier molecular flexibility index (Phi) is 3.83. The molecule has 6 heteroatoms. The van der Waals surface area contributed by atoms with E-state index in [9.17, 15) is 4.79 Å². The smallest absolute Gasteiger partial charge is 0.335 e. The number of hydrogen-bond donors (Lipinski definition) is 2. The van der Waals surface area contributed by atoms with Crippen molar-refractivity contribution in [2.24, 2.45) is 0 Å². The number of ether oxygens (including phenoxy) is 1. The zero-order valence-corrected chi connectivity index (χ0v) is 11.1. The van der Waals surface area contributed by atoms with E-state index in [4.69, 9.17) is 38.8 Å². The van der Waals surface area contributed by atoms with Gasteiger partial charge in [-0.15, -0.1) is 0 Å². The molecule has 3 N–H and O–H groups in total. The Morgan fingerprint density at radius 3 is 2.47 bits per heavy atom. The second-order valence-electron chi connectivity index (χ2n) is 3.73. The minimum absolute atomic E-state index is 0.0780. The van der Waals surface area contributed by atoms with Gasteiger partial charge in [-0.1, -0.05) is 23.2 Å². The molecule has 0 spiro atoms. The average molecular weight is 298 g/mol. The van der Waals surface area contributed by atoms with Crippen LogP contribution in [0, 0.1) is 0 Å². The van der Waals surface area contributed by atoms with E-state index in [1.807, 2.05) is 0 Å². The summed E-state index contributed by atoms with van der Waals surface area (Å²) in [6, 6.07) is 8.91. The fraction of sp³-hybridized carbons (Fsp3) is 0. The lowest BCUT2D eigenvalue weighted by Crippen LogP contribution is -1.99. The first-order valence-corrected chi connectivity index (χ1v) is 5.98. The lowest BCUT2D eigenvalue weighted by atomic mass is 10.2. The summed E-state index contributed by atoms with van der Waals surface area (Å²) in [7, 11) is 0. The maximum atomic E-state index is 10.9. The molecule has 0 radical (unpaired) electrons. The summed E-state index contributed by atoms with van der Waals surface area (Å²) >= 11 is 11.7. The Labute approximate surface area is 119 Å². The number of anilines is 1. The fourth-order valence-electron chi connectivity index (χ4n) is 1.43. The van der Waals surface area contributed by atoms with Gasteiger partial charge in [0.15, 0.2) is 5.75 Å². The van der Waals surface area contributed by atoms with Gasteiger partial charge in [0, 0.05) is 5.02 Å². The molecule has 0 aromatic heterocycles. The molecule has 4 nitrogen and oxygen atoms in total. The lowest BCUT2D eigenvalue weighted by molar-refractivity contribution is 0.0696. The molecular weight excluding hydrogens is 289 g/mol. The number of carboxylic acid groups (broad SMARTS) is 1. The van der Waals surface area contributed by atoms with E-state index < -0.39 is 5.97 Å². The summed E-state index contributed by atoms with van der Waals surface area (Å²) in [4.78, 5) is 10.9. The van der Waals surface area contributed by atoms with Crippen LogP contribution < -0.4 is 10.5 Å². The SMILES string of the molecule is Nc1ccc(C(=O)O)cc1Oc1ccc(Cl)cc1Cl. The van der Waals surface area contributed by atoms with Gasteiger partial charge in [0.2, 0.25) is 0 Å². The molecular formula is C13H9Cl2NO3. The van der Waals surface area contributed by atoms with Crippen LogP contribution in [0.2, 0.25) is 10.0 Å². The van der Waals surface area contributed by atoms with Gasteiger partial charge in [-0.05, 0) is 36.4 Å². The summed E-state index contributed by atoms with van der Waals surface area (Å²) in [5.41, 5.74) is 6.12. The van der Waals surface area contributed by atoms with Crippen molar-refractivity contribution in [1.82, 2.24) is 0 Å². The molecule has 0 saturated heterocycles. The van der Waals surface area contributed by atoms with Gasteiger partial charge in [-0.2, -0.15) is 0 Å². The van der Waals surface area contributed by atoms with Crippen molar-refractivity contribution in [3.8, 4) is 11.5 Å². The maximum absolute atomic E-state index is 10.9. The molecule has 0 amide bonds. The zero-order valence-electron chi connectivity index (χ0n) is 9.56. The molecule has 0 heterocycles. The second kappa shape index (κ2) is 5.38. The number of nitrogens with two attached hydrogens (primary N) is 1. The second-order valence-corrected chi connectivity index (χ2v) is 4.58. The Morgan fingerprint density at radius 1 is 1.11 bits per heavy atom. The van der Waals surface area contributed by atoms with Crippen LogP contribution in [0.15, 0.2) is 36.4 Å². The van der Waals surface area contributed by atoms with Gasteiger partial charge in [-0.25, -0.2) is 4.79 Å². The monoisotopic (exact) mass is 297 g/mol. The predicted octanol–water partition coefficient (Wildman–Crippen LogP) is 4.07. The Bertz CT molecular complexity index is 644. The number of aromatic carboxylic acids is 1. The normalized spacial score (nSPS) is 10.2. The number of carbonyl (C=O) groups is 1. The van der Waals surface area contributed by atoms with Crippen LogP contribution in [0.3, 0.4) is 0 Å². The van der Waals surface area contributed by atoms with Crippen molar-refractivity contribution in [2.75, 3.05) is 5.73 Å². The molecule has 0 aliphatic heterocycles. The molecule has 0 atom stereocenters. The number of rotatable bonds is 3. The van der Waals surface area contributed by atoms with Gasteiger partial charge in [0.1, 0.15) is 5.75 Å². The average Bonchev–Trinajstić information content (AvgIpc) is 2.34. The van der Waals surface area contributed by atoms with Crippen molar-refractivity contribution in [2.45, 2.75) is 0 Å². The van der Waals surface area contributed by atoms with Crippen molar-refractivity contribution in [3.63, 3.8) is 0 Å². The highest BCUT2D eigenvalue weighted by Gasteiger charge is 2.10. The highest BCUT2D eigenvalue weighted by molar-refractivity contribution is 6.35. The third-order valence-corrected chi connectivity index (χ3v) is 2.90. The number of hydrogen-bond acceptors (Lipinski definition) is 3. The Hall–Kier alpha value is -1.91. The number of carboxylic acids is 1. The third-order valence-electron chi connectivity index (χ3n) is 2.37. The van der Waals surface area contributed by atoms with Gasteiger partial charge in [0.25, 0.3) is 0 Å². The van der Waals surface area contributed by atoms with E-state index in [0.29, 0.717) is 21.5 Å².